The van der Waals surface area contributed by atoms with E-state index in [9.17, 15) is 4.79 Å². The van der Waals surface area contributed by atoms with Gasteiger partial charge >= 0.3 is 0 Å². The van der Waals surface area contributed by atoms with Gasteiger partial charge in [0.2, 0.25) is 5.91 Å². The van der Waals surface area contributed by atoms with Gasteiger partial charge in [-0.15, -0.1) is 11.3 Å². The van der Waals surface area contributed by atoms with E-state index in [4.69, 9.17) is 0 Å². The van der Waals surface area contributed by atoms with Gasteiger partial charge in [-0.05, 0) is 44.7 Å². The summed E-state index contributed by atoms with van der Waals surface area (Å²) < 4.78 is 1.72. The number of aromatic nitrogens is 5. The molecule has 0 aliphatic rings. The molecular formula is C22H24N6OS. The van der Waals surface area contributed by atoms with Gasteiger partial charge in [0.25, 0.3) is 5.78 Å². The molecule has 30 heavy (non-hydrogen) atoms. The molecule has 3 heterocycles. The lowest BCUT2D eigenvalue weighted by atomic mass is 10.1. The molecular weight excluding hydrogens is 396 g/mol. The zero-order chi connectivity index (χ0) is 21.1. The highest BCUT2D eigenvalue weighted by atomic mass is 32.1. The number of amides is 1. The highest BCUT2D eigenvalue weighted by molar-refractivity contribution is 7.09. The van der Waals surface area contributed by atoms with Crippen LogP contribution in [0.15, 0.2) is 36.0 Å². The van der Waals surface area contributed by atoms with E-state index >= 15 is 0 Å². The number of nitrogens with zero attached hydrogens (tertiary/aromatic N) is 5. The molecule has 1 aromatic carbocycles. The molecule has 8 heteroatoms. The van der Waals surface area contributed by atoms with Crippen LogP contribution in [0.25, 0.3) is 17.0 Å². The Morgan fingerprint density at radius 1 is 1.10 bits per heavy atom. The van der Waals surface area contributed by atoms with Gasteiger partial charge in [-0.2, -0.15) is 10.1 Å². The second kappa shape index (κ2) is 8.71. The quantitative estimate of drug-likeness (QED) is 0.495. The van der Waals surface area contributed by atoms with Crippen molar-refractivity contribution in [2.75, 3.05) is 6.54 Å². The first-order chi connectivity index (χ1) is 14.5. The van der Waals surface area contributed by atoms with E-state index in [1.165, 1.54) is 11.9 Å². The molecule has 4 rings (SSSR count). The highest BCUT2D eigenvalue weighted by Gasteiger charge is 2.12. The third kappa shape index (κ3) is 4.38. The van der Waals surface area contributed by atoms with Crippen molar-refractivity contribution in [2.24, 2.45) is 0 Å². The van der Waals surface area contributed by atoms with Gasteiger partial charge in [0, 0.05) is 35.3 Å². The third-order valence-electron chi connectivity index (χ3n) is 5.20. The summed E-state index contributed by atoms with van der Waals surface area (Å²) in [5.41, 5.74) is 6.27. The maximum atomic E-state index is 12.3. The van der Waals surface area contributed by atoms with Crippen LogP contribution in [0, 0.1) is 20.8 Å². The fourth-order valence-corrected chi connectivity index (χ4v) is 4.15. The molecule has 0 spiro atoms. The number of rotatable bonds is 7. The summed E-state index contributed by atoms with van der Waals surface area (Å²) in [5, 5.41) is 10.4. The first kappa shape index (κ1) is 20.2. The number of fused-ring (bicyclic) bond motifs is 1. The molecule has 0 saturated carbocycles. The predicted molar refractivity (Wildman–Crippen MR) is 118 cm³/mol. The van der Waals surface area contributed by atoms with Crippen molar-refractivity contribution >= 4 is 23.0 Å². The van der Waals surface area contributed by atoms with E-state index < -0.39 is 0 Å². The zero-order valence-corrected chi connectivity index (χ0v) is 18.2. The SMILES string of the molecule is Cc1nc(-c2ccc(CCNC(=O)CCc3c(C)nc4ncnn4c3C)cc2)cs1. The number of carbonyl (C=O) groups is 1. The molecule has 0 unspecified atom stereocenters. The van der Waals surface area contributed by atoms with Gasteiger partial charge in [-0.25, -0.2) is 14.5 Å². The number of nitrogens with one attached hydrogen (secondary N) is 1. The molecule has 154 valence electrons. The smallest absolute Gasteiger partial charge is 0.252 e. The Hall–Kier alpha value is -3.13. The molecule has 1 amide bonds. The van der Waals surface area contributed by atoms with E-state index in [1.54, 1.807) is 15.9 Å². The zero-order valence-electron chi connectivity index (χ0n) is 17.3. The average Bonchev–Trinajstić information content (AvgIpc) is 3.37. The minimum atomic E-state index is 0.0436. The Morgan fingerprint density at radius 2 is 1.90 bits per heavy atom. The van der Waals surface area contributed by atoms with Crippen molar-refractivity contribution in [1.82, 2.24) is 29.9 Å². The number of benzene rings is 1. The maximum absolute atomic E-state index is 12.3. The van der Waals surface area contributed by atoms with Gasteiger partial charge in [0.1, 0.15) is 6.33 Å². The van der Waals surface area contributed by atoms with Crippen LogP contribution < -0.4 is 5.32 Å². The standard InChI is InChI=1S/C22H24N6OS/c1-14-19(15(2)28-22(26-14)24-13-25-28)8-9-21(29)23-11-10-17-4-6-18(7-5-17)20-12-30-16(3)27-20/h4-7,12-13H,8-11H2,1-3H3,(H,23,29). The number of hydrogen-bond acceptors (Lipinski definition) is 6. The van der Waals surface area contributed by atoms with Crippen molar-refractivity contribution in [3.63, 3.8) is 0 Å². The molecule has 1 N–H and O–H groups in total. The van der Waals surface area contributed by atoms with Gasteiger partial charge in [0.15, 0.2) is 0 Å². The van der Waals surface area contributed by atoms with E-state index in [0.29, 0.717) is 25.2 Å². The largest absolute Gasteiger partial charge is 0.356 e. The van der Waals surface area contributed by atoms with Crippen LogP contribution in [-0.2, 0) is 17.6 Å². The van der Waals surface area contributed by atoms with E-state index in [1.807, 2.05) is 20.8 Å². The molecule has 0 aliphatic carbocycles. The molecule has 0 atom stereocenters. The van der Waals surface area contributed by atoms with E-state index in [0.717, 1.165) is 39.6 Å². The average molecular weight is 421 g/mol. The van der Waals surface area contributed by atoms with Crippen LogP contribution in [0.1, 0.15) is 33.9 Å². The fraction of sp³-hybridized carbons (Fsp3) is 0.318. The fourth-order valence-electron chi connectivity index (χ4n) is 3.53. The van der Waals surface area contributed by atoms with Crippen LogP contribution in [0.4, 0.5) is 0 Å². The monoisotopic (exact) mass is 420 g/mol. The van der Waals surface area contributed by atoms with E-state index in [-0.39, 0.29) is 5.91 Å². The van der Waals surface area contributed by atoms with E-state index in [2.05, 4.69) is 55.0 Å². The maximum Gasteiger partial charge on any atom is 0.252 e. The lowest BCUT2D eigenvalue weighted by molar-refractivity contribution is -0.121. The summed E-state index contributed by atoms with van der Waals surface area (Å²) in [6.07, 6.45) is 3.35. The van der Waals surface area contributed by atoms with Gasteiger partial charge in [0.05, 0.1) is 10.7 Å². The molecule has 0 radical (unpaired) electrons. The highest BCUT2D eigenvalue weighted by Crippen LogP contribution is 2.22. The second-order valence-electron chi connectivity index (χ2n) is 7.28. The second-order valence-corrected chi connectivity index (χ2v) is 8.34. The molecule has 0 aliphatic heterocycles. The number of carbonyl (C=O) groups excluding carboxylic acids is 1. The summed E-state index contributed by atoms with van der Waals surface area (Å²) in [6.45, 7) is 6.56. The minimum Gasteiger partial charge on any atom is -0.356 e. The van der Waals surface area contributed by atoms with Crippen LogP contribution >= 0.6 is 11.3 Å². The number of hydrogen-bond donors (Lipinski definition) is 1. The summed E-state index contributed by atoms with van der Waals surface area (Å²) >= 11 is 1.66. The normalized spacial score (nSPS) is 11.2. The van der Waals surface area contributed by atoms with Crippen LogP contribution in [-0.4, -0.2) is 37.0 Å². The summed E-state index contributed by atoms with van der Waals surface area (Å²) in [6, 6.07) is 8.37. The Morgan fingerprint density at radius 3 is 2.63 bits per heavy atom. The first-order valence-electron chi connectivity index (χ1n) is 9.95. The molecule has 0 fully saturated rings. The minimum absolute atomic E-state index is 0.0436. The van der Waals surface area contributed by atoms with Crippen LogP contribution in [0.5, 0.6) is 0 Å². The topological polar surface area (TPSA) is 85.1 Å². The van der Waals surface area contributed by atoms with Crippen molar-refractivity contribution in [2.45, 2.75) is 40.0 Å². The molecule has 4 aromatic rings. The molecule has 0 saturated heterocycles. The number of thiazole rings is 1. The molecule has 0 bridgehead atoms. The molecule has 3 aromatic heterocycles. The lowest BCUT2D eigenvalue weighted by Gasteiger charge is -2.10. The Labute approximate surface area is 179 Å². The van der Waals surface area contributed by atoms with Gasteiger partial charge < -0.3 is 5.32 Å². The lowest BCUT2D eigenvalue weighted by Crippen LogP contribution is -2.26. The first-order valence-corrected chi connectivity index (χ1v) is 10.8. The summed E-state index contributed by atoms with van der Waals surface area (Å²) in [7, 11) is 0. The van der Waals surface area contributed by atoms with Crippen molar-refractivity contribution in [1.29, 1.82) is 0 Å². The van der Waals surface area contributed by atoms with Gasteiger partial charge in [-0.1, -0.05) is 24.3 Å². The predicted octanol–water partition coefficient (Wildman–Crippen LogP) is 3.46. The Bertz CT molecular complexity index is 1180. The van der Waals surface area contributed by atoms with Crippen LogP contribution in [0.3, 0.4) is 0 Å². The summed E-state index contributed by atoms with van der Waals surface area (Å²) in [5.74, 6) is 0.635. The Kier molecular flexibility index (Phi) is 5.85. The summed E-state index contributed by atoms with van der Waals surface area (Å²) in [4.78, 5) is 25.4. The molecule has 7 nitrogen and oxygen atoms in total. The van der Waals surface area contributed by atoms with Crippen LogP contribution in [0.2, 0.25) is 0 Å². The van der Waals surface area contributed by atoms with Crippen molar-refractivity contribution in [3.05, 3.63) is 63.5 Å². The van der Waals surface area contributed by atoms with Gasteiger partial charge in [-0.3, -0.25) is 4.79 Å². The number of aryl methyl sites for hydroxylation is 3. The van der Waals surface area contributed by atoms with Crippen molar-refractivity contribution < 1.29 is 4.79 Å². The Balaban J connectivity index is 1.27. The van der Waals surface area contributed by atoms with Crippen molar-refractivity contribution in [3.8, 4) is 11.3 Å². The third-order valence-corrected chi connectivity index (χ3v) is 5.97.